The molecular weight excluding hydrogens is 380 g/mol. The Balaban J connectivity index is 2.44. The molecule has 0 spiro atoms. The lowest BCUT2D eigenvalue weighted by Crippen LogP contribution is -2.15. The molecule has 140 valence electrons. The number of hydrogen-bond donors (Lipinski definition) is 0. The zero-order valence-electron chi connectivity index (χ0n) is 14.4. The summed E-state index contributed by atoms with van der Waals surface area (Å²) in [5.41, 5.74) is 0.641. The van der Waals surface area contributed by atoms with Crippen LogP contribution < -0.4 is 8.92 Å². The van der Waals surface area contributed by atoms with Crippen LogP contribution in [0, 0.1) is 6.92 Å². The Bertz CT molecular complexity index is 1020. The zero-order chi connectivity index (χ0) is 19.5. The van der Waals surface area contributed by atoms with Crippen LogP contribution in [0.2, 0.25) is 0 Å². The van der Waals surface area contributed by atoms with Gasteiger partial charge in [0, 0.05) is 12.3 Å². The van der Waals surface area contributed by atoms with Crippen molar-refractivity contribution >= 4 is 26.2 Å². The Morgan fingerprint density at radius 2 is 1.54 bits per heavy atom. The lowest BCUT2D eigenvalue weighted by molar-refractivity contribution is -0.113. The molecule has 2 aromatic carbocycles. The summed E-state index contributed by atoms with van der Waals surface area (Å²) in [6.45, 7) is 3.23. The summed E-state index contributed by atoms with van der Waals surface area (Å²) in [7, 11) is -8.17. The number of rotatable bonds is 7. The van der Waals surface area contributed by atoms with Gasteiger partial charge in [0.05, 0.1) is 4.90 Å². The highest BCUT2D eigenvalue weighted by Gasteiger charge is 2.25. The molecule has 0 aromatic heterocycles. The molecule has 0 aliphatic heterocycles. The van der Waals surface area contributed by atoms with Crippen LogP contribution in [0.15, 0.2) is 52.3 Å². The second-order valence-electron chi connectivity index (χ2n) is 5.70. The highest BCUT2D eigenvalue weighted by molar-refractivity contribution is 7.92. The van der Waals surface area contributed by atoms with E-state index in [1.165, 1.54) is 37.3 Å². The summed E-state index contributed by atoms with van der Waals surface area (Å²) in [5.74, 6) is 0.201. The minimum Gasteiger partial charge on any atom is -0.483 e. The zero-order valence-corrected chi connectivity index (χ0v) is 16.0. The van der Waals surface area contributed by atoms with Gasteiger partial charge in [0.2, 0.25) is 0 Å². The topological polar surface area (TPSA) is 104 Å². The average molecular weight is 398 g/mol. The van der Waals surface area contributed by atoms with Gasteiger partial charge in [-0.3, -0.25) is 4.79 Å². The standard InChI is InChI=1S/C17H18O7S2/c1-12-8-14(23-13(2)11-18)10-15(9-12)24-26(21,22)17-7-5-4-6-16(17)25(3,19)20/h4-11,13H,1-3H3. The van der Waals surface area contributed by atoms with Crippen molar-refractivity contribution in [3.05, 3.63) is 48.0 Å². The highest BCUT2D eigenvalue weighted by Crippen LogP contribution is 2.28. The molecule has 1 unspecified atom stereocenters. The first kappa shape index (κ1) is 19.9. The summed E-state index contributed by atoms with van der Waals surface area (Å²) >= 11 is 0. The van der Waals surface area contributed by atoms with Crippen LogP contribution >= 0.6 is 0 Å². The van der Waals surface area contributed by atoms with Gasteiger partial charge in [-0.25, -0.2) is 8.42 Å². The van der Waals surface area contributed by atoms with E-state index in [1.54, 1.807) is 13.0 Å². The Kier molecular flexibility index (Phi) is 5.72. The number of benzene rings is 2. The van der Waals surface area contributed by atoms with Crippen molar-refractivity contribution in [1.82, 2.24) is 0 Å². The van der Waals surface area contributed by atoms with Gasteiger partial charge < -0.3 is 8.92 Å². The molecule has 26 heavy (non-hydrogen) atoms. The lowest BCUT2D eigenvalue weighted by atomic mass is 10.2. The van der Waals surface area contributed by atoms with Crippen LogP contribution in [0.25, 0.3) is 0 Å². The van der Waals surface area contributed by atoms with Crippen molar-refractivity contribution in [2.45, 2.75) is 29.7 Å². The first-order chi connectivity index (χ1) is 12.0. The van der Waals surface area contributed by atoms with Crippen molar-refractivity contribution in [1.29, 1.82) is 0 Å². The molecular formula is C17H18O7S2. The number of sulfone groups is 1. The van der Waals surface area contributed by atoms with E-state index < -0.39 is 31.0 Å². The molecule has 0 aliphatic rings. The molecule has 0 N–H and O–H groups in total. The molecule has 2 aromatic rings. The molecule has 0 heterocycles. The maximum Gasteiger partial charge on any atom is 0.340 e. The molecule has 7 nitrogen and oxygen atoms in total. The number of aryl methyl sites for hydroxylation is 1. The number of aldehydes is 1. The van der Waals surface area contributed by atoms with Crippen molar-refractivity contribution in [2.75, 3.05) is 6.26 Å². The van der Waals surface area contributed by atoms with Gasteiger partial charge in [-0.1, -0.05) is 12.1 Å². The fraction of sp³-hybridized carbons (Fsp3) is 0.235. The monoisotopic (exact) mass is 398 g/mol. The molecule has 0 amide bonds. The quantitative estimate of drug-likeness (QED) is 0.520. The molecule has 0 fully saturated rings. The maximum atomic E-state index is 12.6. The molecule has 0 saturated heterocycles. The van der Waals surface area contributed by atoms with Gasteiger partial charge in [-0.15, -0.1) is 0 Å². The van der Waals surface area contributed by atoms with Gasteiger partial charge >= 0.3 is 10.1 Å². The molecule has 9 heteroatoms. The van der Waals surface area contributed by atoms with E-state index >= 15 is 0 Å². The summed E-state index contributed by atoms with van der Waals surface area (Å²) in [4.78, 5) is 9.92. The maximum absolute atomic E-state index is 12.6. The van der Waals surface area contributed by atoms with Crippen LogP contribution in [-0.2, 0) is 24.7 Å². The average Bonchev–Trinajstić information content (AvgIpc) is 2.53. The third-order valence-corrected chi connectivity index (χ3v) is 5.85. The van der Waals surface area contributed by atoms with Crippen molar-refractivity contribution < 1.29 is 30.6 Å². The second kappa shape index (κ2) is 7.46. The molecule has 2 rings (SSSR count). The fourth-order valence-corrected chi connectivity index (χ4v) is 4.73. The molecule has 0 aliphatic carbocycles. The number of ether oxygens (including phenoxy) is 1. The molecule has 0 radical (unpaired) electrons. The van der Waals surface area contributed by atoms with E-state index in [1.807, 2.05) is 0 Å². The normalized spacial score (nSPS) is 13.0. The van der Waals surface area contributed by atoms with Gasteiger partial charge in [0.1, 0.15) is 16.4 Å². The van der Waals surface area contributed by atoms with E-state index in [-0.39, 0.29) is 16.4 Å². The van der Waals surface area contributed by atoms with E-state index in [9.17, 15) is 21.6 Å². The molecule has 0 bridgehead atoms. The van der Waals surface area contributed by atoms with Gasteiger partial charge in [0.15, 0.2) is 22.2 Å². The third kappa shape index (κ3) is 4.83. The second-order valence-corrected chi connectivity index (χ2v) is 9.20. The lowest BCUT2D eigenvalue weighted by Gasteiger charge is -2.13. The van der Waals surface area contributed by atoms with Crippen LogP contribution in [-0.4, -0.2) is 35.5 Å². The van der Waals surface area contributed by atoms with E-state index in [0.29, 0.717) is 11.8 Å². The Morgan fingerprint density at radius 1 is 0.962 bits per heavy atom. The number of hydrogen-bond acceptors (Lipinski definition) is 7. The fourth-order valence-electron chi connectivity index (χ4n) is 2.21. The predicted octanol–water partition coefficient (Wildman–Crippen LogP) is 2.13. The van der Waals surface area contributed by atoms with Crippen LogP contribution in [0.5, 0.6) is 11.5 Å². The number of carbonyl (C=O) groups excluding carboxylic acids is 1. The van der Waals surface area contributed by atoms with Crippen molar-refractivity contribution in [2.24, 2.45) is 0 Å². The van der Waals surface area contributed by atoms with Crippen LogP contribution in [0.1, 0.15) is 12.5 Å². The first-order valence-corrected chi connectivity index (χ1v) is 10.8. The minimum absolute atomic E-state index is 0.0543. The Morgan fingerprint density at radius 3 is 2.12 bits per heavy atom. The largest absolute Gasteiger partial charge is 0.483 e. The summed E-state index contributed by atoms with van der Waals surface area (Å²) in [6.07, 6.45) is 0.801. The van der Waals surface area contributed by atoms with Gasteiger partial charge in [-0.2, -0.15) is 8.42 Å². The van der Waals surface area contributed by atoms with Crippen molar-refractivity contribution in [3.63, 3.8) is 0 Å². The molecule has 1 atom stereocenters. The summed E-state index contributed by atoms with van der Waals surface area (Å²) in [6, 6.07) is 9.57. The van der Waals surface area contributed by atoms with Crippen LogP contribution in [0.4, 0.5) is 0 Å². The number of carbonyl (C=O) groups is 1. The van der Waals surface area contributed by atoms with E-state index in [2.05, 4.69) is 0 Å². The summed E-state index contributed by atoms with van der Waals surface area (Å²) < 4.78 is 59.3. The minimum atomic E-state index is -4.40. The van der Waals surface area contributed by atoms with Crippen LogP contribution in [0.3, 0.4) is 0 Å². The highest BCUT2D eigenvalue weighted by atomic mass is 32.2. The Labute approximate surface area is 152 Å². The van der Waals surface area contributed by atoms with Gasteiger partial charge in [0.25, 0.3) is 0 Å². The van der Waals surface area contributed by atoms with E-state index in [4.69, 9.17) is 8.92 Å². The Hall–Kier alpha value is -2.39. The predicted molar refractivity (Wildman–Crippen MR) is 94.7 cm³/mol. The summed E-state index contributed by atoms with van der Waals surface area (Å²) in [5, 5.41) is 0. The van der Waals surface area contributed by atoms with Gasteiger partial charge in [-0.05, 0) is 43.7 Å². The third-order valence-electron chi connectivity index (χ3n) is 3.26. The molecule has 0 saturated carbocycles. The van der Waals surface area contributed by atoms with Crippen molar-refractivity contribution in [3.8, 4) is 11.5 Å². The first-order valence-electron chi connectivity index (χ1n) is 7.50. The smallest absolute Gasteiger partial charge is 0.340 e. The van der Waals surface area contributed by atoms with E-state index in [0.717, 1.165) is 12.3 Å². The SMILES string of the molecule is Cc1cc(OC(C)C=O)cc(OS(=O)(=O)c2ccccc2S(C)(=O)=O)c1.